The molecule has 0 saturated heterocycles. The van der Waals surface area contributed by atoms with Crippen molar-refractivity contribution in [2.24, 2.45) is 0 Å². The van der Waals surface area contributed by atoms with E-state index in [1.54, 1.807) is 17.3 Å². The number of benzene rings is 1. The summed E-state index contributed by atoms with van der Waals surface area (Å²) in [6.45, 7) is 4.71. The number of nitrogens with one attached hydrogen (secondary N) is 2. The van der Waals surface area contributed by atoms with Crippen LogP contribution in [0.25, 0.3) is 5.69 Å². The fraction of sp³-hybridized carbons (Fsp3) is 0.231. The molecule has 0 spiro atoms. The van der Waals surface area contributed by atoms with Gasteiger partial charge in [0.25, 0.3) is 0 Å². The van der Waals surface area contributed by atoms with Gasteiger partial charge in [-0.15, -0.1) is 5.10 Å². The first-order chi connectivity index (χ1) is 9.74. The zero-order valence-corrected chi connectivity index (χ0v) is 11.3. The Kier molecular flexibility index (Phi) is 3.16. The third-order valence-corrected chi connectivity index (χ3v) is 3.20. The summed E-state index contributed by atoms with van der Waals surface area (Å²) < 4.78 is 1.65. The van der Waals surface area contributed by atoms with E-state index in [1.807, 2.05) is 32.0 Å². The quantitative estimate of drug-likeness (QED) is 0.751. The summed E-state index contributed by atoms with van der Waals surface area (Å²) in [6, 6.07) is 6.09. The van der Waals surface area contributed by atoms with Crippen molar-refractivity contribution in [1.82, 2.24) is 30.2 Å². The summed E-state index contributed by atoms with van der Waals surface area (Å²) in [5, 5.41) is 14.6. The summed E-state index contributed by atoms with van der Waals surface area (Å²) >= 11 is 0. The van der Waals surface area contributed by atoms with Crippen molar-refractivity contribution in [3.05, 3.63) is 47.8 Å². The first kappa shape index (κ1) is 12.3. The van der Waals surface area contributed by atoms with Crippen molar-refractivity contribution < 1.29 is 0 Å². The second-order valence-corrected chi connectivity index (χ2v) is 4.58. The molecule has 7 nitrogen and oxygen atoms in total. The Morgan fingerprint density at radius 1 is 1.30 bits per heavy atom. The predicted octanol–water partition coefficient (Wildman–Crippen LogP) is 1.61. The Balaban J connectivity index is 1.81. The maximum atomic E-state index is 4.27. The van der Waals surface area contributed by atoms with E-state index >= 15 is 0 Å². The van der Waals surface area contributed by atoms with Crippen LogP contribution in [0.3, 0.4) is 0 Å². The number of tetrazole rings is 1. The van der Waals surface area contributed by atoms with Gasteiger partial charge in [0.15, 0.2) is 0 Å². The molecule has 3 rings (SSSR count). The Morgan fingerprint density at radius 2 is 2.20 bits per heavy atom. The van der Waals surface area contributed by atoms with E-state index in [0.717, 1.165) is 28.3 Å². The van der Waals surface area contributed by atoms with Gasteiger partial charge in [-0.2, -0.15) is 0 Å². The number of hydrogen-bond acceptors (Lipinski definition) is 5. The minimum absolute atomic E-state index is 0.674. The number of anilines is 1. The maximum absolute atomic E-state index is 4.27. The summed E-state index contributed by atoms with van der Waals surface area (Å²) in [7, 11) is 0. The number of hydrogen-bond donors (Lipinski definition) is 2. The number of aromatic amines is 1. The van der Waals surface area contributed by atoms with E-state index in [9.17, 15) is 0 Å². The molecule has 0 saturated carbocycles. The van der Waals surface area contributed by atoms with Crippen LogP contribution in [0.15, 0.2) is 30.9 Å². The van der Waals surface area contributed by atoms with Gasteiger partial charge in [0.1, 0.15) is 6.33 Å². The molecule has 2 aromatic heterocycles. The average Bonchev–Trinajstić information content (AvgIpc) is 3.09. The van der Waals surface area contributed by atoms with Crippen LogP contribution < -0.4 is 5.32 Å². The Morgan fingerprint density at radius 3 is 2.90 bits per heavy atom. The lowest BCUT2D eigenvalue weighted by atomic mass is 10.2. The van der Waals surface area contributed by atoms with Gasteiger partial charge in [-0.25, -0.2) is 9.67 Å². The van der Waals surface area contributed by atoms with E-state index in [4.69, 9.17) is 0 Å². The first-order valence-corrected chi connectivity index (χ1v) is 6.31. The molecule has 102 valence electrons. The van der Waals surface area contributed by atoms with E-state index in [-0.39, 0.29) is 0 Å². The highest BCUT2D eigenvalue weighted by molar-refractivity contribution is 5.54. The summed E-state index contributed by atoms with van der Waals surface area (Å²) in [5.74, 6) is 0. The van der Waals surface area contributed by atoms with Crippen molar-refractivity contribution in [3.8, 4) is 5.69 Å². The largest absolute Gasteiger partial charge is 0.379 e. The van der Waals surface area contributed by atoms with Crippen LogP contribution in [-0.4, -0.2) is 30.2 Å². The minimum atomic E-state index is 0.674. The molecule has 1 aromatic carbocycles. The van der Waals surface area contributed by atoms with Crippen molar-refractivity contribution in [2.45, 2.75) is 20.4 Å². The molecule has 7 heteroatoms. The van der Waals surface area contributed by atoms with Crippen LogP contribution in [-0.2, 0) is 6.54 Å². The Bertz CT molecular complexity index is 699. The summed E-state index contributed by atoms with van der Waals surface area (Å²) in [5.41, 5.74) is 5.15. The van der Waals surface area contributed by atoms with E-state index in [0.29, 0.717) is 6.54 Å². The second-order valence-electron chi connectivity index (χ2n) is 4.58. The van der Waals surface area contributed by atoms with Crippen molar-refractivity contribution in [3.63, 3.8) is 0 Å². The Hall–Kier alpha value is -2.70. The third-order valence-electron chi connectivity index (χ3n) is 3.20. The fourth-order valence-corrected chi connectivity index (χ4v) is 1.99. The minimum Gasteiger partial charge on any atom is -0.379 e. The lowest BCUT2D eigenvalue weighted by Crippen LogP contribution is -2.04. The average molecular weight is 269 g/mol. The van der Waals surface area contributed by atoms with Crippen LogP contribution in [0.2, 0.25) is 0 Å². The lowest BCUT2D eigenvalue weighted by molar-refractivity contribution is 0.785. The van der Waals surface area contributed by atoms with E-state index in [1.165, 1.54) is 0 Å². The fourth-order valence-electron chi connectivity index (χ4n) is 1.99. The molecule has 20 heavy (non-hydrogen) atoms. The predicted molar refractivity (Wildman–Crippen MR) is 74.5 cm³/mol. The standard InChI is InChI=1S/C13H15N7/c1-9-3-4-11(5-13(9)20-8-17-18-19-20)14-6-12-10(2)15-7-16-12/h3-5,7-8,14H,6H2,1-2H3,(H,15,16). The van der Waals surface area contributed by atoms with E-state index < -0.39 is 0 Å². The van der Waals surface area contributed by atoms with Gasteiger partial charge >= 0.3 is 0 Å². The third kappa shape index (κ3) is 2.37. The first-order valence-electron chi connectivity index (χ1n) is 6.31. The molecule has 2 N–H and O–H groups in total. The highest BCUT2D eigenvalue weighted by Crippen LogP contribution is 2.18. The molecule has 3 aromatic rings. The van der Waals surface area contributed by atoms with Crippen molar-refractivity contribution in [2.75, 3.05) is 5.32 Å². The zero-order chi connectivity index (χ0) is 13.9. The monoisotopic (exact) mass is 269 g/mol. The van der Waals surface area contributed by atoms with Gasteiger partial charge in [-0.3, -0.25) is 0 Å². The molecular weight excluding hydrogens is 254 g/mol. The smallest absolute Gasteiger partial charge is 0.143 e. The van der Waals surface area contributed by atoms with Gasteiger partial charge in [-0.05, 0) is 42.0 Å². The molecule has 0 radical (unpaired) electrons. The molecule has 0 amide bonds. The molecule has 0 aliphatic carbocycles. The number of nitrogens with zero attached hydrogens (tertiary/aromatic N) is 5. The normalized spacial score (nSPS) is 10.7. The molecule has 0 atom stereocenters. The number of rotatable bonds is 4. The number of aromatic nitrogens is 6. The topological polar surface area (TPSA) is 84.3 Å². The van der Waals surface area contributed by atoms with Crippen LogP contribution in [0.5, 0.6) is 0 Å². The molecular formula is C13H15N7. The van der Waals surface area contributed by atoms with Crippen LogP contribution in [0, 0.1) is 13.8 Å². The maximum Gasteiger partial charge on any atom is 0.143 e. The molecule has 0 aliphatic rings. The zero-order valence-electron chi connectivity index (χ0n) is 11.3. The molecule has 0 fully saturated rings. The van der Waals surface area contributed by atoms with Gasteiger partial charge in [0, 0.05) is 11.4 Å². The highest BCUT2D eigenvalue weighted by Gasteiger charge is 2.05. The van der Waals surface area contributed by atoms with Gasteiger partial charge in [0.05, 0.1) is 24.3 Å². The number of aryl methyl sites for hydroxylation is 2. The van der Waals surface area contributed by atoms with Gasteiger partial charge in [-0.1, -0.05) is 6.07 Å². The van der Waals surface area contributed by atoms with E-state index in [2.05, 4.69) is 30.8 Å². The van der Waals surface area contributed by atoms with Crippen LogP contribution in [0.1, 0.15) is 17.0 Å². The van der Waals surface area contributed by atoms with Crippen LogP contribution >= 0.6 is 0 Å². The van der Waals surface area contributed by atoms with Gasteiger partial charge < -0.3 is 10.3 Å². The lowest BCUT2D eigenvalue weighted by Gasteiger charge is -2.09. The number of H-pyrrole nitrogens is 1. The SMILES string of the molecule is Cc1ccc(NCc2nc[nH]c2C)cc1-n1cnnn1. The molecule has 0 bridgehead atoms. The van der Waals surface area contributed by atoms with Crippen LogP contribution in [0.4, 0.5) is 5.69 Å². The van der Waals surface area contributed by atoms with Gasteiger partial charge in [0.2, 0.25) is 0 Å². The molecule has 0 unspecified atom stereocenters. The van der Waals surface area contributed by atoms with Crippen molar-refractivity contribution in [1.29, 1.82) is 0 Å². The molecule has 0 aliphatic heterocycles. The molecule has 2 heterocycles. The second kappa shape index (κ2) is 5.12. The Labute approximate surface area is 116 Å². The van der Waals surface area contributed by atoms with Crippen molar-refractivity contribution >= 4 is 5.69 Å². The summed E-state index contributed by atoms with van der Waals surface area (Å²) in [4.78, 5) is 7.33. The highest BCUT2D eigenvalue weighted by atomic mass is 15.5. The number of imidazole rings is 1. The summed E-state index contributed by atoms with van der Waals surface area (Å²) in [6.07, 6.45) is 3.29.